The Morgan fingerprint density at radius 1 is 1.29 bits per heavy atom. The molecule has 0 bridgehead atoms. The van der Waals surface area contributed by atoms with E-state index < -0.39 is 0 Å². The summed E-state index contributed by atoms with van der Waals surface area (Å²) < 4.78 is 0.868. The molecule has 0 aliphatic carbocycles. The molecule has 1 aromatic heterocycles. The van der Waals surface area contributed by atoms with Crippen molar-refractivity contribution in [3.63, 3.8) is 0 Å². The smallest absolute Gasteiger partial charge is 0.117 e. The number of rotatable bonds is 2. The van der Waals surface area contributed by atoms with E-state index >= 15 is 0 Å². The van der Waals surface area contributed by atoms with Crippen LogP contribution in [0.4, 0.5) is 5.69 Å². The maximum Gasteiger partial charge on any atom is 0.117 e. The van der Waals surface area contributed by atoms with E-state index in [-0.39, 0.29) is 0 Å². The van der Waals surface area contributed by atoms with E-state index in [0.717, 1.165) is 14.9 Å². The molecule has 2 rings (SSSR count). The zero-order valence-electron chi connectivity index (χ0n) is 7.11. The van der Waals surface area contributed by atoms with Gasteiger partial charge in [0.2, 0.25) is 0 Å². The van der Waals surface area contributed by atoms with Crippen LogP contribution in [0.5, 0.6) is 0 Å². The van der Waals surface area contributed by atoms with E-state index in [9.17, 15) is 4.91 Å². The van der Waals surface area contributed by atoms with Crippen LogP contribution in [0.3, 0.4) is 0 Å². The minimum absolute atomic E-state index is 0.474. The van der Waals surface area contributed by atoms with Crippen LogP contribution in [0, 0.1) is 4.91 Å². The molecule has 14 heavy (non-hydrogen) atoms. The summed E-state index contributed by atoms with van der Waals surface area (Å²) in [6.45, 7) is 0. The number of nitrogens with zero attached hydrogens (tertiary/aromatic N) is 1. The lowest BCUT2D eigenvalue weighted by Gasteiger charge is -2.00. The van der Waals surface area contributed by atoms with E-state index in [1.54, 1.807) is 17.4 Å². The van der Waals surface area contributed by atoms with Gasteiger partial charge in [-0.2, -0.15) is 0 Å². The number of hydrogen-bond donors (Lipinski definition) is 0. The van der Waals surface area contributed by atoms with Crippen molar-refractivity contribution < 1.29 is 0 Å². The van der Waals surface area contributed by atoms with Crippen molar-refractivity contribution >= 4 is 33.0 Å². The number of nitroso groups, excluding NO2 is 1. The standard InChI is InChI=1S/C10H6BrNOS/c11-7-3-4-8(9(6-7)12-13)10-2-1-5-14-10/h1-6H. The van der Waals surface area contributed by atoms with Crippen LogP contribution in [-0.4, -0.2) is 0 Å². The number of thiophene rings is 1. The molecule has 2 nitrogen and oxygen atoms in total. The molecule has 0 radical (unpaired) electrons. The fraction of sp³-hybridized carbons (Fsp3) is 0. The van der Waals surface area contributed by atoms with Crippen LogP contribution >= 0.6 is 27.3 Å². The highest BCUT2D eigenvalue weighted by Crippen LogP contribution is 2.35. The molecule has 0 N–H and O–H groups in total. The van der Waals surface area contributed by atoms with Crippen molar-refractivity contribution in [2.45, 2.75) is 0 Å². The van der Waals surface area contributed by atoms with Gasteiger partial charge in [0.1, 0.15) is 5.69 Å². The summed E-state index contributed by atoms with van der Waals surface area (Å²) in [5, 5.41) is 4.99. The fourth-order valence-electron chi connectivity index (χ4n) is 1.22. The minimum atomic E-state index is 0.474. The summed E-state index contributed by atoms with van der Waals surface area (Å²) in [5.41, 5.74) is 1.36. The van der Waals surface area contributed by atoms with E-state index in [4.69, 9.17) is 0 Å². The lowest BCUT2D eigenvalue weighted by molar-refractivity contribution is 1.48. The van der Waals surface area contributed by atoms with Gasteiger partial charge in [0.05, 0.1) is 0 Å². The second-order valence-electron chi connectivity index (χ2n) is 2.73. The van der Waals surface area contributed by atoms with Crippen LogP contribution in [0.2, 0.25) is 0 Å². The average molecular weight is 268 g/mol. The largest absolute Gasteiger partial charge is 0.145 e. The Labute approximate surface area is 93.7 Å². The molecule has 70 valence electrons. The first-order chi connectivity index (χ1) is 6.81. The third kappa shape index (κ3) is 1.76. The van der Waals surface area contributed by atoms with Gasteiger partial charge in [0.25, 0.3) is 0 Å². The Bertz CT molecular complexity index is 453. The highest BCUT2D eigenvalue weighted by Gasteiger charge is 2.06. The predicted octanol–water partition coefficient (Wildman–Crippen LogP) is 4.58. The van der Waals surface area contributed by atoms with Gasteiger partial charge in [-0.15, -0.1) is 16.2 Å². The van der Waals surface area contributed by atoms with Crippen molar-refractivity contribution in [3.05, 3.63) is 45.1 Å². The van der Waals surface area contributed by atoms with Crippen LogP contribution in [0.15, 0.2) is 45.4 Å². The van der Waals surface area contributed by atoms with E-state index in [1.165, 1.54) is 0 Å². The van der Waals surface area contributed by atoms with Crippen LogP contribution < -0.4 is 0 Å². The van der Waals surface area contributed by atoms with Crippen molar-refractivity contribution in [1.82, 2.24) is 0 Å². The van der Waals surface area contributed by atoms with Crippen molar-refractivity contribution in [2.75, 3.05) is 0 Å². The second-order valence-corrected chi connectivity index (χ2v) is 4.59. The molecule has 0 fully saturated rings. The van der Waals surface area contributed by atoms with Crippen molar-refractivity contribution in [1.29, 1.82) is 0 Å². The summed E-state index contributed by atoms with van der Waals surface area (Å²) in [4.78, 5) is 11.7. The number of benzene rings is 1. The van der Waals surface area contributed by atoms with Gasteiger partial charge in [-0.3, -0.25) is 0 Å². The zero-order chi connectivity index (χ0) is 9.97. The Balaban J connectivity index is 2.58. The Hall–Kier alpha value is -1.00. The van der Waals surface area contributed by atoms with E-state index in [1.807, 2.05) is 29.6 Å². The second kappa shape index (κ2) is 4.02. The summed E-state index contributed by atoms with van der Waals surface area (Å²) in [5.74, 6) is 0. The maximum atomic E-state index is 10.6. The summed E-state index contributed by atoms with van der Waals surface area (Å²) >= 11 is 4.90. The normalized spacial score (nSPS) is 10.1. The Kier molecular flexibility index (Phi) is 2.74. The van der Waals surface area contributed by atoms with Gasteiger partial charge in [-0.05, 0) is 28.8 Å². The zero-order valence-corrected chi connectivity index (χ0v) is 9.51. The third-order valence-electron chi connectivity index (χ3n) is 1.84. The Morgan fingerprint density at radius 3 is 2.79 bits per heavy atom. The van der Waals surface area contributed by atoms with Gasteiger partial charge in [0, 0.05) is 14.9 Å². The first-order valence-electron chi connectivity index (χ1n) is 3.98. The molecule has 0 atom stereocenters. The highest BCUT2D eigenvalue weighted by molar-refractivity contribution is 9.10. The molecule has 0 aliphatic rings. The van der Waals surface area contributed by atoms with Gasteiger partial charge in [-0.1, -0.05) is 28.1 Å². The van der Waals surface area contributed by atoms with Crippen LogP contribution in [-0.2, 0) is 0 Å². The molecule has 0 aliphatic heterocycles. The van der Waals surface area contributed by atoms with E-state index in [2.05, 4.69) is 21.1 Å². The topological polar surface area (TPSA) is 29.4 Å². The predicted molar refractivity (Wildman–Crippen MR) is 62.9 cm³/mol. The molecule has 0 spiro atoms. The van der Waals surface area contributed by atoms with Crippen molar-refractivity contribution in [2.24, 2.45) is 5.18 Å². The van der Waals surface area contributed by atoms with Crippen LogP contribution in [0.1, 0.15) is 0 Å². The van der Waals surface area contributed by atoms with Gasteiger partial charge >= 0.3 is 0 Å². The molecule has 1 heterocycles. The molecule has 0 saturated carbocycles. The lowest BCUT2D eigenvalue weighted by atomic mass is 10.1. The molecule has 4 heteroatoms. The summed E-state index contributed by atoms with van der Waals surface area (Å²) in [6.07, 6.45) is 0. The first kappa shape index (κ1) is 9.55. The number of halogens is 1. The molecular formula is C10H6BrNOS. The van der Waals surface area contributed by atoms with Gasteiger partial charge in [0.15, 0.2) is 0 Å². The average Bonchev–Trinajstić information content (AvgIpc) is 2.70. The Morgan fingerprint density at radius 2 is 2.14 bits per heavy atom. The van der Waals surface area contributed by atoms with Gasteiger partial charge < -0.3 is 0 Å². The highest BCUT2D eigenvalue weighted by atomic mass is 79.9. The summed E-state index contributed by atoms with van der Waals surface area (Å²) in [6, 6.07) is 9.46. The molecule has 2 aromatic rings. The van der Waals surface area contributed by atoms with Crippen molar-refractivity contribution in [3.8, 4) is 10.4 Å². The fourth-order valence-corrected chi connectivity index (χ4v) is 2.33. The third-order valence-corrected chi connectivity index (χ3v) is 3.24. The first-order valence-corrected chi connectivity index (χ1v) is 5.65. The van der Waals surface area contributed by atoms with Gasteiger partial charge in [-0.25, -0.2) is 0 Å². The molecule has 1 aromatic carbocycles. The molecule has 0 saturated heterocycles. The monoisotopic (exact) mass is 267 g/mol. The minimum Gasteiger partial charge on any atom is -0.145 e. The van der Waals surface area contributed by atoms with E-state index in [0.29, 0.717) is 5.69 Å². The maximum absolute atomic E-state index is 10.6. The number of hydrogen-bond acceptors (Lipinski definition) is 3. The molecule has 0 unspecified atom stereocenters. The SMILES string of the molecule is O=Nc1cc(Br)ccc1-c1cccs1. The molecular weight excluding hydrogens is 262 g/mol. The quantitative estimate of drug-likeness (QED) is 0.733. The van der Waals surface area contributed by atoms with Crippen LogP contribution in [0.25, 0.3) is 10.4 Å². The molecule has 0 amide bonds. The summed E-state index contributed by atoms with van der Waals surface area (Å²) in [7, 11) is 0. The lowest BCUT2D eigenvalue weighted by Crippen LogP contribution is -1.74.